The Balaban J connectivity index is 1.74. The fraction of sp³-hybridized carbons (Fsp3) is 0.632. The molecule has 1 aromatic carbocycles. The van der Waals surface area contributed by atoms with Crippen LogP contribution in [-0.4, -0.2) is 47.0 Å². The second-order valence-electron chi connectivity index (χ2n) is 7.46. The van der Waals surface area contributed by atoms with Crippen LogP contribution in [0, 0.1) is 11.7 Å². The predicted molar refractivity (Wildman–Crippen MR) is 102 cm³/mol. The predicted octanol–water partition coefficient (Wildman–Crippen LogP) is 2.60. The van der Waals surface area contributed by atoms with Crippen LogP contribution >= 0.6 is 15.9 Å². The molecule has 2 N–H and O–H groups in total. The summed E-state index contributed by atoms with van der Waals surface area (Å²) in [7, 11) is 0. The van der Waals surface area contributed by atoms with Crippen LogP contribution in [0.15, 0.2) is 24.3 Å². The lowest BCUT2D eigenvalue weighted by molar-refractivity contribution is -0.135. The van der Waals surface area contributed by atoms with E-state index < -0.39 is 0 Å². The van der Waals surface area contributed by atoms with Gasteiger partial charge in [0.1, 0.15) is 11.9 Å². The minimum atomic E-state index is -0.364. The SMILES string of the molecule is CC(C)C1NNC(C(=O)N(Cc2cccc(F)c2)CC2CCCO2)C1Br. The van der Waals surface area contributed by atoms with Crippen molar-refractivity contribution in [3.8, 4) is 0 Å². The summed E-state index contributed by atoms with van der Waals surface area (Å²) < 4.78 is 19.3. The number of alkyl halides is 1. The first kappa shape index (κ1) is 19.7. The molecule has 2 saturated heterocycles. The Hall–Kier alpha value is -1.02. The molecule has 2 fully saturated rings. The van der Waals surface area contributed by atoms with Crippen molar-refractivity contribution >= 4 is 21.8 Å². The number of nitrogens with one attached hydrogen (secondary N) is 2. The Labute approximate surface area is 162 Å². The summed E-state index contributed by atoms with van der Waals surface area (Å²) >= 11 is 3.69. The number of ether oxygens (including phenoxy) is 1. The van der Waals surface area contributed by atoms with Gasteiger partial charge in [-0.3, -0.25) is 10.2 Å². The number of hydrogen-bond acceptors (Lipinski definition) is 4. The highest BCUT2D eigenvalue weighted by Gasteiger charge is 2.41. The third-order valence-corrected chi connectivity index (χ3v) is 6.17. The molecule has 0 aromatic heterocycles. The number of hydrazine groups is 1. The van der Waals surface area contributed by atoms with Crippen LogP contribution in [0.25, 0.3) is 0 Å². The van der Waals surface area contributed by atoms with E-state index in [1.54, 1.807) is 11.0 Å². The van der Waals surface area contributed by atoms with Crippen LogP contribution < -0.4 is 10.9 Å². The topological polar surface area (TPSA) is 53.6 Å². The number of benzene rings is 1. The van der Waals surface area contributed by atoms with E-state index in [2.05, 4.69) is 40.6 Å². The Morgan fingerprint density at radius 2 is 2.23 bits per heavy atom. The quantitative estimate of drug-likeness (QED) is 0.685. The molecule has 0 radical (unpaired) electrons. The van der Waals surface area contributed by atoms with Crippen molar-refractivity contribution in [2.24, 2.45) is 5.92 Å². The van der Waals surface area contributed by atoms with E-state index in [4.69, 9.17) is 4.74 Å². The van der Waals surface area contributed by atoms with Crippen LogP contribution in [0.3, 0.4) is 0 Å². The number of carbonyl (C=O) groups excluding carboxylic acids is 1. The first-order chi connectivity index (χ1) is 12.5. The first-order valence-corrected chi connectivity index (χ1v) is 10.2. The van der Waals surface area contributed by atoms with Gasteiger partial charge < -0.3 is 9.64 Å². The van der Waals surface area contributed by atoms with Crippen LogP contribution in [-0.2, 0) is 16.1 Å². The second kappa shape index (κ2) is 8.78. The molecule has 144 valence electrons. The van der Waals surface area contributed by atoms with Crippen molar-refractivity contribution < 1.29 is 13.9 Å². The van der Waals surface area contributed by atoms with Crippen molar-refractivity contribution in [2.75, 3.05) is 13.2 Å². The second-order valence-corrected chi connectivity index (χ2v) is 8.52. The van der Waals surface area contributed by atoms with Crippen LogP contribution in [0.2, 0.25) is 0 Å². The number of halogens is 2. The summed E-state index contributed by atoms with van der Waals surface area (Å²) in [6, 6.07) is 6.23. The molecule has 4 unspecified atom stereocenters. The van der Waals surface area contributed by atoms with Crippen LogP contribution in [0.5, 0.6) is 0 Å². The Morgan fingerprint density at radius 1 is 1.42 bits per heavy atom. The van der Waals surface area contributed by atoms with Gasteiger partial charge in [0.25, 0.3) is 0 Å². The molecule has 0 bridgehead atoms. The first-order valence-electron chi connectivity index (χ1n) is 9.25. The van der Waals surface area contributed by atoms with E-state index in [0.717, 1.165) is 25.0 Å². The summed E-state index contributed by atoms with van der Waals surface area (Å²) in [4.78, 5) is 15.0. The monoisotopic (exact) mass is 427 g/mol. The summed E-state index contributed by atoms with van der Waals surface area (Å²) in [5, 5.41) is 0. The zero-order chi connectivity index (χ0) is 18.7. The number of carbonyl (C=O) groups is 1. The molecule has 2 aliphatic rings. The maximum absolute atomic E-state index is 13.6. The lowest BCUT2D eigenvalue weighted by Gasteiger charge is -2.29. The molecule has 7 heteroatoms. The average molecular weight is 428 g/mol. The highest BCUT2D eigenvalue weighted by Crippen LogP contribution is 2.24. The van der Waals surface area contributed by atoms with E-state index in [0.29, 0.717) is 19.0 Å². The largest absolute Gasteiger partial charge is 0.376 e. The number of nitrogens with zero attached hydrogens (tertiary/aromatic N) is 1. The van der Waals surface area contributed by atoms with Crippen LogP contribution in [0.1, 0.15) is 32.3 Å². The van der Waals surface area contributed by atoms with Crippen molar-refractivity contribution in [1.82, 2.24) is 15.8 Å². The highest BCUT2D eigenvalue weighted by molar-refractivity contribution is 9.09. The van der Waals surface area contributed by atoms with Crippen LogP contribution in [0.4, 0.5) is 4.39 Å². The molecule has 4 atom stereocenters. The molecule has 2 heterocycles. The van der Waals surface area contributed by atoms with Gasteiger partial charge in [-0.2, -0.15) is 0 Å². The molecular formula is C19H27BrFN3O2. The molecule has 2 aliphatic heterocycles. The lowest BCUT2D eigenvalue weighted by atomic mass is 9.98. The number of amides is 1. The van der Waals surface area contributed by atoms with Crippen molar-refractivity contribution in [3.63, 3.8) is 0 Å². The van der Waals surface area contributed by atoms with Gasteiger partial charge in [0, 0.05) is 25.7 Å². The van der Waals surface area contributed by atoms with Gasteiger partial charge in [-0.05, 0) is 36.5 Å². The number of rotatable bonds is 6. The van der Waals surface area contributed by atoms with Gasteiger partial charge in [0.15, 0.2) is 0 Å². The summed E-state index contributed by atoms with van der Waals surface area (Å²) in [6.07, 6.45) is 2.03. The van der Waals surface area contributed by atoms with E-state index >= 15 is 0 Å². The normalized spacial score (nSPS) is 28.7. The molecular weight excluding hydrogens is 401 g/mol. The number of hydrogen-bond donors (Lipinski definition) is 2. The summed E-state index contributed by atoms with van der Waals surface area (Å²) in [5.41, 5.74) is 7.15. The minimum absolute atomic E-state index is 0.00212. The zero-order valence-electron chi connectivity index (χ0n) is 15.3. The third kappa shape index (κ3) is 4.63. The Kier molecular flexibility index (Phi) is 6.66. The van der Waals surface area contributed by atoms with E-state index in [1.165, 1.54) is 12.1 Å². The zero-order valence-corrected chi connectivity index (χ0v) is 16.8. The van der Waals surface area contributed by atoms with Gasteiger partial charge in [-0.15, -0.1) is 0 Å². The van der Waals surface area contributed by atoms with E-state index in [1.807, 2.05) is 6.07 Å². The maximum atomic E-state index is 13.6. The third-order valence-electron chi connectivity index (χ3n) is 5.07. The molecule has 0 spiro atoms. The molecule has 0 aliphatic carbocycles. The van der Waals surface area contributed by atoms with Gasteiger partial charge in [0.05, 0.1) is 10.9 Å². The van der Waals surface area contributed by atoms with Gasteiger partial charge >= 0.3 is 0 Å². The summed E-state index contributed by atoms with van der Waals surface area (Å²) in [6.45, 7) is 5.89. The van der Waals surface area contributed by atoms with Crippen molar-refractivity contribution in [3.05, 3.63) is 35.6 Å². The highest BCUT2D eigenvalue weighted by atomic mass is 79.9. The fourth-order valence-corrected chi connectivity index (χ4v) is 4.70. The Morgan fingerprint density at radius 3 is 2.85 bits per heavy atom. The van der Waals surface area contributed by atoms with Crippen molar-refractivity contribution in [1.29, 1.82) is 0 Å². The Bertz CT molecular complexity index is 625. The van der Waals surface area contributed by atoms with Gasteiger partial charge in [-0.1, -0.05) is 41.9 Å². The molecule has 1 aromatic rings. The average Bonchev–Trinajstić information content (AvgIpc) is 3.23. The van der Waals surface area contributed by atoms with Crippen molar-refractivity contribution in [2.45, 2.75) is 56.2 Å². The fourth-order valence-electron chi connectivity index (χ4n) is 3.60. The minimum Gasteiger partial charge on any atom is -0.376 e. The maximum Gasteiger partial charge on any atom is 0.242 e. The van der Waals surface area contributed by atoms with E-state index in [-0.39, 0.29) is 34.7 Å². The standard InChI is InChI=1S/C19H27BrFN3O2/c1-12(2)17-16(20)18(23-22-17)19(25)24(11-15-7-4-8-26-15)10-13-5-3-6-14(21)9-13/h3,5-6,9,12,15-18,22-23H,4,7-8,10-11H2,1-2H3. The van der Waals surface area contributed by atoms with Gasteiger partial charge in [0.2, 0.25) is 5.91 Å². The molecule has 1 amide bonds. The van der Waals surface area contributed by atoms with E-state index in [9.17, 15) is 9.18 Å². The summed E-state index contributed by atoms with van der Waals surface area (Å²) in [5.74, 6) is 0.104. The smallest absolute Gasteiger partial charge is 0.242 e. The van der Waals surface area contributed by atoms with Gasteiger partial charge in [-0.25, -0.2) is 9.82 Å². The lowest BCUT2D eigenvalue weighted by Crippen LogP contribution is -2.49. The molecule has 5 nitrogen and oxygen atoms in total. The molecule has 0 saturated carbocycles. The molecule has 3 rings (SSSR count). The molecule has 26 heavy (non-hydrogen) atoms.